The van der Waals surface area contributed by atoms with Gasteiger partial charge in [0.15, 0.2) is 0 Å². The van der Waals surface area contributed by atoms with Gasteiger partial charge in [-0.1, -0.05) is 12.1 Å². The number of alkyl halides is 3. The zero-order chi connectivity index (χ0) is 14.8. The van der Waals surface area contributed by atoms with Crippen molar-refractivity contribution in [3.63, 3.8) is 0 Å². The summed E-state index contributed by atoms with van der Waals surface area (Å²) in [7, 11) is 0. The Morgan fingerprint density at radius 3 is 2.30 bits per heavy atom. The minimum absolute atomic E-state index is 0.0940. The van der Waals surface area contributed by atoms with Crippen LogP contribution >= 0.6 is 0 Å². The van der Waals surface area contributed by atoms with E-state index in [1.54, 1.807) is 0 Å². The molecule has 1 aliphatic heterocycles. The molecule has 8 heteroatoms. The molecule has 0 bridgehead atoms. The maximum atomic E-state index is 12.8. The second-order valence-corrected chi connectivity index (χ2v) is 4.35. The molecule has 20 heavy (non-hydrogen) atoms. The van der Waals surface area contributed by atoms with E-state index in [4.69, 9.17) is 5.73 Å². The Labute approximate surface area is 113 Å². The summed E-state index contributed by atoms with van der Waals surface area (Å²) in [6.07, 6.45) is -3.92. The van der Waals surface area contributed by atoms with Crippen LogP contribution in [0.25, 0.3) is 0 Å². The van der Waals surface area contributed by atoms with Crippen molar-refractivity contribution in [3.8, 4) is 0 Å². The van der Waals surface area contributed by atoms with Gasteiger partial charge in [0.2, 0.25) is 0 Å². The smallest absolute Gasteiger partial charge is 0.352 e. The molecule has 1 aromatic rings. The van der Waals surface area contributed by atoms with Crippen molar-refractivity contribution in [2.45, 2.75) is 18.3 Å². The summed E-state index contributed by atoms with van der Waals surface area (Å²) in [4.78, 5) is 11.7. The van der Waals surface area contributed by atoms with E-state index in [1.165, 1.54) is 24.3 Å². The Hall–Kier alpha value is -1.96. The molecular formula is C12H13F3N4O. The summed E-state index contributed by atoms with van der Waals surface area (Å²) < 4.78 is 38.3. The molecular weight excluding hydrogens is 273 g/mol. The molecule has 0 atom stereocenters. The van der Waals surface area contributed by atoms with Crippen molar-refractivity contribution in [3.05, 3.63) is 35.4 Å². The van der Waals surface area contributed by atoms with Gasteiger partial charge in [0.25, 0.3) is 5.91 Å². The monoisotopic (exact) mass is 286 g/mol. The van der Waals surface area contributed by atoms with Crippen molar-refractivity contribution in [2.75, 3.05) is 13.1 Å². The second kappa shape index (κ2) is 5.20. The molecule has 0 aromatic heterocycles. The first-order valence-corrected chi connectivity index (χ1v) is 6.00. The quantitative estimate of drug-likeness (QED) is 0.811. The van der Waals surface area contributed by atoms with E-state index >= 15 is 0 Å². The maximum absolute atomic E-state index is 12.8. The summed E-state index contributed by atoms with van der Waals surface area (Å²) in [6, 6.07) is 5.07. The first kappa shape index (κ1) is 14.4. The van der Waals surface area contributed by atoms with Crippen LogP contribution in [0.15, 0.2) is 34.5 Å². The number of halogens is 3. The van der Waals surface area contributed by atoms with E-state index < -0.39 is 11.8 Å². The fraction of sp³-hybridized carbons (Fsp3) is 0.417. The zero-order valence-electron chi connectivity index (χ0n) is 10.4. The number of hydrogen-bond acceptors (Lipinski definition) is 4. The molecule has 1 heterocycles. The second-order valence-electron chi connectivity index (χ2n) is 4.35. The van der Waals surface area contributed by atoms with Crippen LogP contribution < -0.4 is 11.1 Å². The van der Waals surface area contributed by atoms with Crippen LogP contribution in [0, 0.1) is 0 Å². The molecule has 5 nitrogen and oxygen atoms in total. The minimum Gasteiger partial charge on any atom is -0.352 e. The molecule has 0 aliphatic carbocycles. The first-order valence-electron chi connectivity index (χ1n) is 6.00. The van der Waals surface area contributed by atoms with Gasteiger partial charge in [-0.2, -0.15) is 13.2 Å². The van der Waals surface area contributed by atoms with Crippen molar-refractivity contribution < 1.29 is 18.0 Å². The van der Waals surface area contributed by atoms with E-state index in [0.717, 1.165) is 0 Å². The van der Waals surface area contributed by atoms with Crippen molar-refractivity contribution in [2.24, 2.45) is 16.0 Å². The SMILES string of the molecule is NCCCNC(=O)c1ccc(C2(C(F)(F)F)N=N2)cc1. The lowest BCUT2D eigenvalue weighted by Gasteiger charge is -2.14. The highest BCUT2D eigenvalue weighted by Crippen LogP contribution is 2.52. The summed E-state index contributed by atoms with van der Waals surface area (Å²) in [5, 5.41) is 8.81. The minimum atomic E-state index is -4.56. The molecule has 1 amide bonds. The highest BCUT2D eigenvalue weighted by Gasteiger charge is 2.65. The highest BCUT2D eigenvalue weighted by atomic mass is 19.4. The van der Waals surface area contributed by atoms with E-state index in [1.807, 2.05) is 0 Å². The van der Waals surface area contributed by atoms with Gasteiger partial charge >= 0.3 is 11.8 Å². The topological polar surface area (TPSA) is 79.8 Å². The Bertz CT molecular complexity index is 518. The van der Waals surface area contributed by atoms with Gasteiger partial charge in [-0.25, -0.2) is 0 Å². The fourth-order valence-corrected chi connectivity index (χ4v) is 1.70. The largest absolute Gasteiger partial charge is 0.442 e. The number of hydrogen-bond donors (Lipinski definition) is 2. The van der Waals surface area contributed by atoms with Crippen LogP contribution in [-0.2, 0) is 5.66 Å². The van der Waals surface area contributed by atoms with Crippen molar-refractivity contribution >= 4 is 5.91 Å². The van der Waals surface area contributed by atoms with Crippen molar-refractivity contribution in [1.29, 1.82) is 0 Å². The number of benzene rings is 1. The van der Waals surface area contributed by atoms with Gasteiger partial charge in [-0.3, -0.25) is 4.79 Å². The zero-order valence-corrected chi connectivity index (χ0v) is 10.4. The standard InChI is InChI=1S/C12H13F3N4O/c13-12(14,15)11(18-19-11)9-4-2-8(3-5-9)10(20)17-7-1-6-16/h2-5H,1,6-7,16H2,(H,17,20). The molecule has 0 unspecified atom stereocenters. The normalized spacial score (nSPS) is 16.0. The van der Waals surface area contributed by atoms with E-state index in [9.17, 15) is 18.0 Å². The molecule has 0 fully saturated rings. The Balaban J connectivity index is 2.06. The van der Waals surface area contributed by atoms with Crippen LogP contribution in [0.3, 0.4) is 0 Å². The molecule has 0 saturated heterocycles. The van der Waals surface area contributed by atoms with Gasteiger partial charge < -0.3 is 11.1 Å². The number of carbonyl (C=O) groups is 1. The Morgan fingerprint density at radius 1 is 1.25 bits per heavy atom. The Kier molecular flexibility index (Phi) is 3.76. The fourth-order valence-electron chi connectivity index (χ4n) is 1.70. The molecule has 1 aromatic carbocycles. The predicted octanol–water partition coefficient (Wildman–Crippen LogP) is 1.95. The maximum Gasteiger partial charge on any atom is 0.442 e. The summed E-state index contributed by atoms with van der Waals surface area (Å²) in [5.74, 6) is -0.351. The van der Waals surface area contributed by atoms with Gasteiger partial charge in [0.05, 0.1) is 0 Å². The van der Waals surface area contributed by atoms with Gasteiger partial charge in [-0.15, -0.1) is 10.2 Å². The van der Waals surface area contributed by atoms with Gasteiger partial charge in [0, 0.05) is 17.7 Å². The third kappa shape index (κ3) is 2.64. The molecule has 0 radical (unpaired) electrons. The van der Waals surface area contributed by atoms with Gasteiger partial charge in [0.1, 0.15) is 0 Å². The summed E-state index contributed by atoms with van der Waals surface area (Å²) in [5.41, 5.74) is 3.03. The molecule has 0 saturated carbocycles. The van der Waals surface area contributed by atoms with Crippen LogP contribution in [0.1, 0.15) is 22.3 Å². The van der Waals surface area contributed by atoms with Crippen molar-refractivity contribution in [1.82, 2.24) is 5.32 Å². The third-order valence-corrected chi connectivity index (χ3v) is 2.91. The molecule has 108 valence electrons. The van der Waals surface area contributed by atoms with Crippen LogP contribution in [-0.4, -0.2) is 25.2 Å². The first-order chi connectivity index (χ1) is 9.40. The van der Waals surface area contributed by atoms with E-state index in [-0.39, 0.29) is 17.0 Å². The molecule has 1 aliphatic rings. The number of nitrogens with zero attached hydrogens (tertiary/aromatic N) is 2. The van der Waals surface area contributed by atoms with E-state index in [2.05, 4.69) is 15.5 Å². The Morgan fingerprint density at radius 2 is 1.85 bits per heavy atom. The average Bonchev–Trinajstić information content (AvgIpc) is 3.20. The number of amides is 1. The lowest BCUT2D eigenvalue weighted by molar-refractivity contribution is -0.166. The number of carbonyl (C=O) groups excluding carboxylic acids is 1. The highest BCUT2D eigenvalue weighted by molar-refractivity contribution is 5.94. The average molecular weight is 286 g/mol. The van der Waals surface area contributed by atoms with E-state index in [0.29, 0.717) is 19.5 Å². The molecule has 0 spiro atoms. The lowest BCUT2D eigenvalue weighted by Crippen LogP contribution is -2.30. The molecule has 3 N–H and O–H groups in total. The lowest BCUT2D eigenvalue weighted by atomic mass is 10.0. The van der Waals surface area contributed by atoms with Crippen LogP contribution in [0.4, 0.5) is 13.2 Å². The predicted molar refractivity (Wildman–Crippen MR) is 65.0 cm³/mol. The van der Waals surface area contributed by atoms with Crippen LogP contribution in [0.2, 0.25) is 0 Å². The van der Waals surface area contributed by atoms with Gasteiger partial charge in [-0.05, 0) is 25.1 Å². The summed E-state index contributed by atoms with van der Waals surface area (Å²) in [6.45, 7) is 0.880. The summed E-state index contributed by atoms with van der Waals surface area (Å²) >= 11 is 0. The number of nitrogens with two attached hydrogens (primary N) is 1. The van der Waals surface area contributed by atoms with Crippen LogP contribution in [0.5, 0.6) is 0 Å². The molecule has 2 rings (SSSR count). The number of rotatable bonds is 5. The number of nitrogens with one attached hydrogen (secondary N) is 1. The third-order valence-electron chi connectivity index (χ3n) is 2.91.